The highest BCUT2D eigenvalue weighted by molar-refractivity contribution is 7.89. The van der Waals surface area contributed by atoms with E-state index in [0.29, 0.717) is 6.42 Å². The molecule has 7 nitrogen and oxygen atoms in total. The van der Waals surface area contributed by atoms with Crippen LogP contribution in [-0.2, 0) is 21.9 Å². The van der Waals surface area contributed by atoms with Crippen LogP contribution in [0.5, 0.6) is 0 Å². The molecule has 8 heteroatoms. The summed E-state index contributed by atoms with van der Waals surface area (Å²) < 4.78 is 27.7. The second-order valence-corrected chi connectivity index (χ2v) is 6.00. The van der Waals surface area contributed by atoms with Crippen LogP contribution in [0, 0.1) is 0 Å². The molecule has 0 fully saturated rings. The van der Waals surface area contributed by atoms with Crippen molar-refractivity contribution in [1.82, 2.24) is 14.3 Å². The van der Waals surface area contributed by atoms with Gasteiger partial charge >= 0.3 is 5.97 Å². The van der Waals surface area contributed by atoms with Gasteiger partial charge in [0.2, 0.25) is 0 Å². The number of nitrogens with one attached hydrogen (secondary N) is 1. The van der Waals surface area contributed by atoms with Gasteiger partial charge in [-0.1, -0.05) is 13.3 Å². The van der Waals surface area contributed by atoms with E-state index < -0.39 is 21.5 Å². The molecule has 0 saturated carbocycles. The van der Waals surface area contributed by atoms with E-state index in [4.69, 9.17) is 5.11 Å². The van der Waals surface area contributed by atoms with Crippen molar-refractivity contribution in [2.75, 3.05) is 0 Å². The molecule has 0 saturated heterocycles. The summed E-state index contributed by atoms with van der Waals surface area (Å²) in [6.45, 7) is 3.13. The number of hydrogen-bond acceptors (Lipinski definition) is 4. The lowest BCUT2D eigenvalue weighted by atomic mass is 9.98. The second-order valence-electron chi connectivity index (χ2n) is 4.37. The molecule has 102 valence electrons. The zero-order valence-electron chi connectivity index (χ0n) is 10.5. The maximum atomic E-state index is 12.0. The quantitative estimate of drug-likeness (QED) is 0.779. The number of aryl methyl sites for hydroxylation is 1. The molecular weight excluding hydrogens is 258 g/mol. The van der Waals surface area contributed by atoms with Crippen LogP contribution in [0.1, 0.15) is 26.7 Å². The molecule has 0 radical (unpaired) electrons. The molecule has 1 aromatic rings. The Balaban J connectivity index is 3.04. The van der Waals surface area contributed by atoms with Crippen LogP contribution in [0.4, 0.5) is 0 Å². The number of rotatable bonds is 6. The van der Waals surface area contributed by atoms with Gasteiger partial charge in [-0.2, -0.15) is 4.72 Å². The fraction of sp³-hybridized carbons (Fsp3) is 0.600. The van der Waals surface area contributed by atoms with Crippen molar-refractivity contribution in [3.05, 3.63) is 12.5 Å². The molecule has 18 heavy (non-hydrogen) atoms. The van der Waals surface area contributed by atoms with Crippen molar-refractivity contribution in [2.45, 2.75) is 37.3 Å². The van der Waals surface area contributed by atoms with Gasteiger partial charge in [-0.15, -0.1) is 0 Å². The lowest BCUT2D eigenvalue weighted by Gasteiger charge is -2.24. The first-order valence-corrected chi connectivity index (χ1v) is 6.95. The summed E-state index contributed by atoms with van der Waals surface area (Å²) in [5.41, 5.74) is -1.52. The van der Waals surface area contributed by atoms with Crippen LogP contribution in [-0.4, -0.2) is 34.6 Å². The fourth-order valence-corrected chi connectivity index (χ4v) is 2.96. The molecule has 1 atom stereocenters. The first-order chi connectivity index (χ1) is 8.21. The standard InChI is InChI=1S/C10H17N3O4S/c1-4-5-10(2,9(14)15)12-18(16,17)8-6-13(3)7-11-8/h6-7,12H,4-5H2,1-3H3,(H,14,15). The van der Waals surface area contributed by atoms with Gasteiger partial charge in [0.25, 0.3) is 10.0 Å². The van der Waals surface area contributed by atoms with Gasteiger partial charge < -0.3 is 9.67 Å². The molecule has 1 aromatic heterocycles. The smallest absolute Gasteiger partial charge is 0.324 e. The van der Waals surface area contributed by atoms with E-state index in [-0.39, 0.29) is 11.4 Å². The predicted octanol–water partition coefficient (Wildman–Crippen LogP) is 0.342. The Morgan fingerprint density at radius 2 is 2.22 bits per heavy atom. The van der Waals surface area contributed by atoms with Gasteiger partial charge in [-0.25, -0.2) is 13.4 Å². The Hall–Kier alpha value is -1.41. The highest BCUT2D eigenvalue weighted by Crippen LogP contribution is 2.17. The number of aromatic nitrogens is 2. The van der Waals surface area contributed by atoms with Crippen molar-refractivity contribution in [3.63, 3.8) is 0 Å². The minimum Gasteiger partial charge on any atom is -0.480 e. The number of carbonyl (C=O) groups is 1. The van der Waals surface area contributed by atoms with Crippen LogP contribution < -0.4 is 4.72 Å². The Morgan fingerprint density at radius 1 is 1.61 bits per heavy atom. The topological polar surface area (TPSA) is 101 Å². The molecule has 0 amide bonds. The van der Waals surface area contributed by atoms with E-state index >= 15 is 0 Å². The van der Waals surface area contributed by atoms with Gasteiger partial charge in [0, 0.05) is 13.2 Å². The zero-order valence-corrected chi connectivity index (χ0v) is 11.4. The number of nitrogens with zero attached hydrogens (tertiary/aromatic N) is 2. The third-order valence-electron chi connectivity index (χ3n) is 2.54. The molecule has 0 bridgehead atoms. The second kappa shape index (κ2) is 5.07. The van der Waals surface area contributed by atoms with Gasteiger partial charge in [0.1, 0.15) is 5.54 Å². The molecule has 1 rings (SSSR count). The van der Waals surface area contributed by atoms with E-state index in [1.807, 2.05) is 0 Å². The average molecular weight is 275 g/mol. The van der Waals surface area contributed by atoms with Crippen molar-refractivity contribution < 1.29 is 18.3 Å². The highest BCUT2D eigenvalue weighted by Gasteiger charge is 2.37. The summed E-state index contributed by atoms with van der Waals surface area (Å²) in [5, 5.41) is 8.94. The number of sulfonamides is 1. The van der Waals surface area contributed by atoms with Crippen molar-refractivity contribution in [1.29, 1.82) is 0 Å². The largest absolute Gasteiger partial charge is 0.480 e. The summed E-state index contributed by atoms with van der Waals surface area (Å²) in [6, 6.07) is 0. The fourth-order valence-electron chi connectivity index (χ4n) is 1.58. The summed E-state index contributed by atoms with van der Waals surface area (Å²) in [4.78, 5) is 14.9. The normalized spacial score (nSPS) is 15.3. The monoisotopic (exact) mass is 275 g/mol. The van der Waals surface area contributed by atoms with Crippen LogP contribution >= 0.6 is 0 Å². The van der Waals surface area contributed by atoms with E-state index in [9.17, 15) is 13.2 Å². The van der Waals surface area contributed by atoms with E-state index in [0.717, 1.165) is 0 Å². The van der Waals surface area contributed by atoms with Gasteiger partial charge in [-0.3, -0.25) is 4.79 Å². The molecule has 0 aliphatic rings. The maximum absolute atomic E-state index is 12.0. The van der Waals surface area contributed by atoms with E-state index in [1.165, 1.54) is 24.0 Å². The van der Waals surface area contributed by atoms with Gasteiger partial charge in [0.15, 0.2) is 5.03 Å². The Bertz CT molecular complexity index is 537. The molecule has 0 spiro atoms. The van der Waals surface area contributed by atoms with E-state index in [2.05, 4.69) is 9.71 Å². The first kappa shape index (κ1) is 14.7. The summed E-state index contributed by atoms with van der Waals surface area (Å²) >= 11 is 0. The third-order valence-corrected chi connectivity index (χ3v) is 4.02. The number of imidazole rings is 1. The Labute approximate surface area is 106 Å². The number of carboxylic acids is 1. The Kier molecular flexibility index (Phi) is 4.12. The molecule has 0 aliphatic heterocycles. The summed E-state index contributed by atoms with van der Waals surface area (Å²) in [7, 11) is -2.29. The van der Waals surface area contributed by atoms with Crippen molar-refractivity contribution >= 4 is 16.0 Å². The Morgan fingerprint density at radius 3 is 2.61 bits per heavy atom. The number of aliphatic carboxylic acids is 1. The number of carboxylic acid groups (broad SMARTS) is 1. The van der Waals surface area contributed by atoms with Crippen LogP contribution in [0.2, 0.25) is 0 Å². The van der Waals surface area contributed by atoms with Crippen LogP contribution in [0.25, 0.3) is 0 Å². The third kappa shape index (κ3) is 3.08. The highest BCUT2D eigenvalue weighted by atomic mass is 32.2. The lowest BCUT2D eigenvalue weighted by molar-refractivity contribution is -0.143. The minimum absolute atomic E-state index is 0.187. The predicted molar refractivity (Wildman–Crippen MR) is 64.5 cm³/mol. The molecule has 1 unspecified atom stereocenters. The maximum Gasteiger partial charge on any atom is 0.324 e. The molecular formula is C10H17N3O4S. The minimum atomic E-state index is -3.93. The van der Waals surface area contributed by atoms with E-state index in [1.54, 1.807) is 14.0 Å². The van der Waals surface area contributed by atoms with Crippen molar-refractivity contribution in [3.8, 4) is 0 Å². The molecule has 2 N–H and O–H groups in total. The zero-order chi connectivity index (χ0) is 14.0. The number of hydrogen-bond donors (Lipinski definition) is 2. The SMILES string of the molecule is CCCC(C)(NS(=O)(=O)c1cn(C)cn1)C(=O)O. The lowest BCUT2D eigenvalue weighted by Crippen LogP contribution is -2.52. The van der Waals surface area contributed by atoms with Gasteiger partial charge in [-0.05, 0) is 13.3 Å². The molecule has 0 aromatic carbocycles. The summed E-state index contributed by atoms with van der Waals surface area (Å²) in [6.07, 6.45) is 3.41. The van der Waals surface area contributed by atoms with Crippen LogP contribution in [0.15, 0.2) is 17.6 Å². The summed E-state index contributed by atoms with van der Waals surface area (Å²) in [5.74, 6) is -1.20. The van der Waals surface area contributed by atoms with Crippen molar-refractivity contribution in [2.24, 2.45) is 7.05 Å². The molecule has 1 heterocycles. The first-order valence-electron chi connectivity index (χ1n) is 5.46. The molecule has 0 aliphatic carbocycles. The van der Waals surface area contributed by atoms with Crippen LogP contribution in [0.3, 0.4) is 0 Å². The average Bonchev–Trinajstić information content (AvgIpc) is 2.64. The van der Waals surface area contributed by atoms with Gasteiger partial charge in [0.05, 0.1) is 6.33 Å².